The highest BCUT2D eigenvalue weighted by Gasteiger charge is 2.19. The lowest BCUT2D eigenvalue weighted by Crippen LogP contribution is -2.15. The van der Waals surface area contributed by atoms with Gasteiger partial charge in [-0.2, -0.15) is 0 Å². The van der Waals surface area contributed by atoms with Crippen molar-refractivity contribution >= 4 is 16.8 Å². The Morgan fingerprint density at radius 1 is 1.17 bits per heavy atom. The number of nitrogens with zero attached hydrogens (tertiary/aromatic N) is 2. The van der Waals surface area contributed by atoms with Gasteiger partial charge in [-0.15, -0.1) is 0 Å². The van der Waals surface area contributed by atoms with Crippen molar-refractivity contribution < 1.29 is 4.79 Å². The van der Waals surface area contributed by atoms with Crippen molar-refractivity contribution in [1.82, 2.24) is 9.55 Å². The van der Waals surface area contributed by atoms with Crippen LogP contribution in [0.25, 0.3) is 11.0 Å². The summed E-state index contributed by atoms with van der Waals surface area (Å²) in [5, 5.41) is 0. The van der Waals surface area contributed by atoms with Gasteiger partial charge in [0.15, 0.2) is 0 Å². The molecule has 94 valence electrons. The van der Waals surface area contributed by atoms with E-state index in [0.717, 1.165) is 30.3 Å². The highest BCUT2D eigenvalue weighted by Crippen LogP contribution is 2.27. The van der Waals surface area contributed by atoms with Crippen molar-refractivity contribution in [2.45, 2.75) is 44.6 Å². The molecule has 2 aromatic rings. The number of hydrogen-bond donors (Lipinski definition) is 0. The molecule has 0 spiro atoms. The molecule has 1 unspecified atom stereocenters. The molecule has 1 aromatic carbocycles. The number of Topliss-reactive ketones (excluding diaryl/α,β-unsaturated/α-hetero) is 1. The summed E-state index contributed by atoms with van der Waals surface area (Å²) in [6, 6.07) is 8.45. The molecule has 18 heavy (non-hydrogen) atoms. The van der Waals surface area contributed by atoms with E-state index in [1.807, 2.05) is 24.5 Å². The molecule has 1 heterocycles. The summed E-state index contributed by atoms with van der Waals surface area (Å²) in [5.41, 5.74) is 2.17. The molecular weight excluding hydrogens is 224 g/mol. The molecule has 1 aliphatic carbocycles. The smallest absolute Gasteiger partial charge is 0.134 e. The monoisotopic (exact) mass is 242 g/mol. The fourth-order valence-electron chi connectivity index (χ4n) is 2.85. The molecule has 1 fully saturated rings. The molecular formula is C15H18N2O. The summed E-state index contributed by atoms with van der Waals surface area (Å²) in [7, 11) is 0. The third kappa shape index (κ3) is 2.17. The van der Waals surface area contributed by atoms with E-state index in [0.29, 0.717) is 18.2 Å². The number of fused-ring (bicyclic) bond motifs is 1. The Hall–Kier alpha value is -1.64. The van der Waals surface area contributed by atoms with Gasteiger partial charge < -0.3 is 4.57 Å². The van der Waals surface area contributed by atoms with Crippen LogP contribution < -0.4 is 0 Å². The quantitative estimate of drug-likeness (QED) is 0.767. The van der Waals surface area contributed by atoms with Gasteiger partial charge in [0.1, 0.15) is 5.78 Å². The highest BCUT2D eigenvalue weighted by atomic mass is 16.1. The second-order valence-electron chi connectivity index (χ2n) is 5.14. The largest absolute Gasteiger partial charge is 0.327 e. The number of rotatable bonds is 1. The maximum atomic E-state index is 11.8. The van der Waals surface area contributed by atoms with Crippen LogP contribution in [0.5, 0.6) is 0 Å². The Balaban J connectivity index is 1.94. The summed E-state index contributed by atoms with van der Waals surface area (Å²) >= 11 is 0. The van der Waals surface area contributed by atoms with Gasteiger partial charge in [0.2, 0.25) is 0 Å². The summed E-state index contributed by atoms with van der Waals surface area (Å²) in [6.07, 6.45) is 7.86. The number of carbonyl (C=O) groups excluding carboxylic acids is 1. The summed E-state index contributed by atoms with van der Waals surface area (Å²) in [6.45, 7) is 0. The van der Waals surface area contributed by atoms with Crippen LogP contribution in [0.1, 0.15) is 44.6 Å². The number of carbonyl (C=O) groups is 1. The predicted molar refractivity (Wildman–Crippen MR) is 71.5 cm³/mol. The zero-order valence-electron chi connectivity index (χ0n) is 10.5. The van der Waals surface area contributed by atoms with Crippen LogP contribution in [0, 0.1) is 0 Å². The topological polar surface area (TPSA) is 34.9 Å². The first-order chi connectivity index (χ1) is 8.84. The first-order valence-corrected chi connectivity index (χ1v) is 6.78. The van der Waals surface area contributed by atoms with Crippen molar-refractivity contribution in [1.29, 1.82) is 0 Å². The molecule has 1 saturated carbocycles. The lowest BCUT2D eigenvalue weighted by atomic mass is 9.95. The van der Waals surface area contributed by atoms with E-state index in [2.05, 4.69) is 15.6 Å². The van der Waals surface area contributed by atoms with Crippen molar-refractivity contribution in [3.63, 3.8) is 0 Å². The molecule has 0 aliphatic heterocycles. The van der Waals surface area contributed by atoms with E-state index in [1.165, 1.54) is 12.8 Å². The Morgan fingerprint density at radius 3 is 3.00 bits per heavy atom. The molecule has 3 rings (SSSR count). The van der Waals surface area contributed by atoms with Crippen LogP contribution in [0.2, 0.25) is 0 Å². The van der Waals surface area contributed by atoms with E-state index < -0.39 is 0 Å². The van der Waals surface area contributed by atoms with Crippen LogP contribution in [0.15, 0.2) is 30.6 Å². The average Bonchev–Trinajstić information content (AvgIpc) is 2.77. The van der Waals surface area contributed by atoms with Crippen LogP contribution >= 0.6 is 0 Å². The maximum Gasteiger partial charge on any atom is 0.134 e. The van der Waals surface area contributed by atoms with Gasteiger partial charge in [0.25, 0.3) is 0 Å². The molecule has 1 atom stereocenters. The summed E-state index contributed by atoms with van der Waals surface area (Å²) in [5.74, 6) is 0.400. The van der Waals surface area contributed by atoms with Gasteiger partial charge in [-0.25, -0.2) is 4.98 Å². The van der Waals surface area contributed by atoms with E-state index in [4.69, 9.17) is 0 Å². The standard InChI is InChI=1S/C15H18N2O/c18-13-7-3-1-2-6-12(10-13)17-11-16-14-8-4-5-9-15(14)17/h4-5,8-9,11-12H,1-3,6-7,10H2. The minimum Gasteiger partial charge on any atom is -0.327 e. The van der Waals surface area contributed by atoms with Gasteiger partial charge in [-0.1, -0.05) is 25.0 Å². The fraction of sp³-hybridized carbons (Fsp3) is 0.467. The third-order valence-corrected chi connectivity index (χ3v) is 3.83. The Morgan fingerprint density at radius 2 is 2.06 bits per heavy atom. The number of imidazole rings is 1. The van der Waals surface area contributed by atoms with Crippen LogP contribution in [0.4, 0.5) is 0 Å². The number of aromatic nitrogens is 2. The molecule has 1 aromatic heterocycles. The van der Waals surface area contributed by atoms with Gasteiger partial charge >= 0.3 is 0 Å². The molecule has 0 radical (unpaired) electrons. The molecule has 0 amide bonds. The SMILES string of the molecule is O=C1CCCCCC(n2cnc3ccccc32)C1. The Labute approximate surface area is 107 Å². The lowest BCUT2D eigenvalue weighted by molar-refractivity contribution is -0.120. The molecule has 3 heteroatoms. The first-order valence-electron chi connectivity index (χ1n) is 6.78. The van der Waals surface area contributed by atoms with Crippen LogP contribution in [-0.2, 0) is 4.79 Å². The summed E-state index contributed by atoms with van der Waals surface area (Å²) in [4.78, 5) is 16.3. The second-order valence-corrected chi connectivity index (χ2v) is 5.14. The minimum absolute atomic E-state index is 0.296. The number of ketones is 1. The summed E-state index contributed by atoms with van der Waals surface area (Å²) < 4.78 is 2.19. The molecule has 0 saturated heterocycles. The average molecular weight is 242 g/mol. The van der Waals surface area contributed by atoms with Crippen molar-refractivity contribution in [2.75, 3.05) is 0 Å². The zero-order valence-corrected chi connectivity index (χ0v) is 10.5. The van der Waals surface area contributed by atoms with Gasteiger partial charge in [0.05, 0.1) is 17.4 Å². The molecule has 3 nitrogen and oxygen atoms in total. The zero-order chi connectivity index (χ0) is 12.4. The van der Waals surface area contributed by atoms with E-state index >= 15 is 0 Å². The van der Waals surface area contributed by atoms with Crippen molar-refractivity contribution in [2.24, 2.45) is 0 Å². The second kappa shape index (κ2) is 4.92. The Kier molecular flexibility index (Phi) is 3.13. The van der Waals surface area contributed by atoms with E-state index in [-0.39, 0.29) is 0 Å². The number of benzene rings is 1. The molecule has 1 aliphatic rings. The normalized spacial score (nSPS) is 21.8. The van der Waals surface area contributed by atoms with Gasteiger partial charge in [-0.05, 0) is 25.0 Å². The maximum absolute atomic E-state index is 11.8. The van der Waals surface area contributed by atoms with Crippen molar-refractivity contribution in [3.8, 4) is 0 Å². The van der Waals surface area contributed by atoms with E-state index in [1.54, 1.807) is 0 Å². The lowest BCUT2D eigenvalue weighted by Gasteiger charge is -2.21. The fourth-order valence-corrected chi connectivity index (χ4v) is 2.85. The van der Waals surface area contributed by atoms with Crippen LogP contribution in [0.3, 0.4) is 0 Å². The van der Waals surface area contributed by atoms with Gasteiger partial charge in [0, 0.05) is 18.9 Å². The first kappa shape index (κ1) is 11.5. The Bertz CT molecular complexity index is 558. The highest BCUT2D eigenvalue weighted by molar-refractivity contribution is 5.80. The number of para-hydroxylation sites is 2. The third-order valence-electron chi connectivity index (χ3n) is 3.83. The minimum atomic E-state index is 0.296. The molecule has 0 N–H and O–H groups in total. The van der Waals surface area contributed by atoms with Crippen molar-refractivity contribution in [3.05, 3.63) is 30.6 Å². The number of hydrogen-bond acceptors (Lipinski definition) is 2. The van der Waals surface area contributed by atoms with E-state index in [9.17, 15) is 4.79 Å². The van der Waals surface area contributed by atoms with Crippen LogP contribution in [-0.4, -0.2) is 15.3 Å². The molecule has 0 bridgehead atoms. The predicted octanol–water partition coefficient (Wildman–Crippen LogP) is 3.50. The van der Waals surface area contributed by atoms with Gasteiger partial charge in [-0.3, -0.25) is 4.79 Å².